The van der Waals surface area contributed by atoms with E-state index in [1.54, 1.807) is 0 Å². The van der Waals surface area contributed by atoms with Crippen LogP contribution in [-0.4, -0.2) is 35.5 Å². The highest BCUT2D eigenvalue weighted by Crippen LogP contribution is 2.17. The summed E-state index contributed by atoms with van der Waals surface area (Å²) in [5, 5.41) is 11.8. The third-order valence-corrected chi connectivity index (χ3v) is 2.80. The average molecular weight is 320 g/mol. The van der Waals surface area contributed by atoms with Gasteiger partial charge in [0.05, 0.1) is 12.7 Å². The fourth-order valence-corrected chi connectivity index (χ4v) is 1.53. The zero-order valence-corrected chi connectivity index (χ0v) is 11.0. The number of methoxy groups -OCH3 is 1. The minimum atomic E-state index is -0.706. The maximum absolute atomic E-state index is 12.9. The summed E-state index contributed by atoms with van der Waals surface area (Å²) in [5.74, 6) is -2.20. The molecule has 0 aliphatic carbocycles. The van der Waals surface area contributed by atoms with Crippen molar-refractivity contribution in [1.82, 2.24) is 5.32 Å². The van der Waals surface area contributed by atoms with Crippen LogP contribution < -0.4 is 5.32 Å². The molecule has 1 aromatic carbocycles. The molecule has 18 heavy (non-hydrogen) atoms. The number of rotatable bonds is 4. The molecule has 1 rings (SSSR count). The van der Waals surface area contributed by atoms with Gasteiger partial charge in [-0.05, 0) is 18.2 Å². The van der Waals surface area contributed by atoms with E-state index in [1.165, 1.54) is 7.11 Å². The molecule has 0 saturated heterocycles. The number of carbonyl (C=O) groups excluding carboxylic acids is 2. The van der Waals surface area contributed by atoms with Gasteiger partial charge in [0.1, 0.15) is 16.4 Å². The van der Waals surface area contributed by atoms with E-state index in [-0.39, 0.29) is 17.9 Å². The largest absolute Gasteiger partial charge is 0.507 e. The Morgan fingerprint density at radius 3 is 2.83 bits per heavy atom. The first-order valence-electron chi connectivity index (χ1n) is 4.94. The van der Waals surface area contributed by atoms with E-state index in [2.05, 4.69) is 26.0 Å². The molecule has 5 nitrogen and oxygen atoms in total. The van der Waals surface area contributed by atoms with E-state index in [1.807, 2.05) is 0 Å². The SMILES string of the molecule is COC(=O)C(Br)CNC(=O)c1cc(F)ccc1O. The smallest absolute Gasteiger partial charge is 0.321 e. The summed E-state index contributed by atoms with van der Waals surface area (Å²) < 4.78 is 17.4. The Balaban J connectivity index is 2.66. The zero-order valence-electron chi connectivity index (χ0n) is 9.44. The molecule has 1 amide bonds. The number of benzene rings is 1. The van der Waals surface area contributed by atoms with Gasteiger partial charge in [-0.15, -0.1) is 0 Å². The third-order valence-electron chi connectivity index (χ3n) is 2.10. The van der Waals surface area contributed by atoms with E-state index in [0.717, 1.165) is 18.2 Å². The molecule has 7 heteroatoms. The molecule has 0 aromatic heterocycles. The van der Waals surface area contributed by atoms with Crippen molar-refractivity contribution in [1.29, 1.82) is 0 Å². The molecule has 0 bridgehead atoms. The molecule has 0 fully saturated rings. The van der Waals surface area contributed by atoms with Crippen molar-refractivity contribution >= 4 is 27.8 Å². The van der Waals surface area contributed by atoms with Crippen LogP contribution in [0.4, 0.5) is 4.39 Å². The molecule has 0 spiro atoms. The van der Waals surface area contributed by atoms with Crippen LogP contribution in [0, 0.1) is 5.82 Å². The topological polar surface area (TPSA) is 75.6 Å². The minimum absolute atomic E-state index is 0.0402. The number of ether oxygens (including phenoxy) is 1. The van der Waals surface area contributed by atoms with Crippen LogP contribution in [0.3, 0.4) is 0 Å². The number of phenols is 1. The summed E-state index contributed by atoms with van der Waals surface area (Å²) in [7, 11) is 1.22. The number of carbonyl (C=O) groups is 2. The lowest BCUT2D eigenvalue weighted by atomic mass is 10.2. The Morgan fingerprint density at radius 1 is 1.56 bits per heavy atom. The van der Waals surface area contributed by atoms with Crippen LogP contribution in [0.15, 0.2) is 18.2 Å². The molecule has 0 aliphatic rings. The van der Waals surface area contributed by atoms with Gasteiger partial charge in [-0.3, -0.25) is 9.59 Å². The van der Waals surface area contributed by atoms with Gasteiger partial charge in [0, 0.05) is 6.54 Å². The molecule has 2 N–H and O–H groups in total. The zero-order chi connectivity index (χ0) is 13.7. The predicted octanol–water partition coefficient (Wildman–Crippen LogP) is 1.20. The number of hydrogen-bond acceptors (Lipinski definition) is 4. The second kappa shape index (κ2) is 6.34. The molecule has 1 aromatic rings. The maximum atomic E-state index is 12.9. The van der Waals surface area contributed by atoms with Gasteiger partial charge >= 0.3 is 5.97 Å². The molecular weight excluding hydrogens is 309 g/mol. The van der Waals surface area contributed by atoms with Crippen molar-refractivity contribution in [2.24, 2.45) is 0 Å². The lowest BCUT2D eigenvalue weighted by Gasteiger charge is -2.10. The van der Waals surface area contributed by atoms with Crippen molar-refractivity contribution in [3.05, 3.63) is 29.6 Å². The van der Waals surface area contributed by atoms with Crippen LogP contribution in [0.25, 0.3) is 0 Å². The molecule has 0 aliphatic heterocycles. The van der Waals surface area contributed by atoms with E-state index in [4.69, 9.17) is 0 Å². The maximum Gasteiger partial charge on any atom is 0.321 e. The lowest BCUT2D eigenvalue weighted by Crippen LogP contribution is -2.34. The van der Waals surface area contributed by atoms with Crippen molar-refractivity contribution in [2.45, 2.75) is 4.83 Å². The molecule has 0 radical (unpaired) electrons. The second-order valence-electron chi connectivity index (χ2n) is 3.36. The summed E-state index contributed by atoms with van der Waals surface area (Å²) in [5.41, 5.74) is -0.195. The normalized spacial score (nSPS) is 11.7. The van der Waals surface area contributed by atoms with Gasteiger partial charge in [-0.25, -0.2) is 4.39 Å². The standard InChI is InChI=1S/C11H11BrFNO4/c1-18-11(17)8(12)5-14-10(16)7-4-6(13)2-3-9(7)15/h2-4,8,15H,5H2,1H3,(H,14,16). The Kier molecular flexibility index (Phi) is 5.08. The number of alkyl halides is 1. The Hall–Kier alpha value is -1.63. The summed E-state index contributed by atoms with van der Waals surface area (Å²) in [6.45, 7) is -0.0402. The van der Waals surface area contributed by atoms with Gasteiger partial charge in [-0.2, -0.15) is 0 Å². The van der Waals surface area contributed by atoms with Crippen LogP contribution in [0.2, 0.25) is 0 Å². The van der Waals surface area contributed by atoms with Crippen LogP contribution >= 0.6 is 15.9 Å². The minimum Gasteiger partial charge on any atom is -0.507 e. The number of halogens is 2. The fraction of sp³-hybridized carbons (Fsp3) is 0.273. The highest BCUT2D eigenvalue weighted by Gasteiger charge is 2.18. The van der Waals surface area contributed by atoms with E-state index < -0.39 is 22.5 Å². The number of nitrogens with one attached hydrogen (secondary N) is 1. The van der Waals surface area contributed by atoms with Gasteiger partial charge < -0.3 is 15.2 Å². The highest BCUT2D eigenvalue weighted by atomic mass is 79.9. The molecule has 98 valence electrons. The number of aromatic hydroxyl groups is 1. The molecule has 1 atom stereocenters. The van der Waals surface area contributed by atoms with Crippen LogP contribution in [0.1, 0.15) is 10.4 Å². The Labute approximate surface area is 111 Å². The highest BCUT2D eigenvalue weighted by molar-refractivity contribution is 9.10. The number of amides is 1. The quantitative estimate of drug-likeness (QED) is 0.646. The van der Waals surface area contributed by atoms with Gasteiger partial charge in [0.15, 0.2) is 0 Å². The molecular formula is C11H11BrFNO4. The summed E-state index contributed by atoms with van der Waals surface area (Å²) in [6.07, 6.45) is 0. The first-order valence-corrected chi connectivity index (χ1v) is 5.86. The van der Waals surface area contributed by atoms with Crippen LogP contribution in [0.5, 0.6) is 5.75 Å². The summed E-state index contributed by atoms with van der Waals surface area (Å²) in [6, 6.07) is 3.02. The fourth-order valence-electron chi connectivity index (χ4n) is 1.18. The summed E-state index contributed by atoms with van der Waals surface area (Å²) in [4.78, 5) is 22.0. The second-order valence-corrected chi connectivity index (χ2v) is 4.47. The van der Waals surface area contributed by atoms with Crippen molar-refractivity contribution in [3.8, 4) is 5.75 Å². The number of hydrogen-bond donors (Lipinski definition) is 2. The van der Waals surface area contributed by atoms with Crippen molar-refractivity contribution in [2.75, 3.05) is 13.7 Å². The van der Waals surface area contributed by atoms with Gasteiger partial charge in [0.2, 0.25) is 0 Å². The van der Waals surface area contributed by atoms with Gasteiger partial charge in [0.25, 0.3) is 5.91 Å². The van der Waals surface area contributed by atoms with Crippen LogP contribution in [-0.2, 0) is 9.53 Å². The van der Waals surface area contributed by atoms with E-state index in [9.17, 15) is 19.1 Å². The Bertz CT molecular complexity index is 466. The van der Waals surface area contributed by atoms with Crippen molar-refractivity contribution < 1.29 is 23.8 Å². The monoisotopic (exact) mass is 319 g/mol. The summed E-state index contributed by atoms with van der Waals surface area (Å²) >= 11 is 3.01. The predicted molar refractivity (Wildman–Crippen MR) is 65.1 cm³/mol. The first-order chi connectivity index (χ1) is 8.45. The van der Waals surface area contributed by atoms with Gasteiger partial charge in [-0.1, -0.05) is 15.9 Å². The van der Waals surface area contributed by atoms with E-state index >= 15 is 0 Å². The van der Waals surface area contributed by atoms with E-state index in [0.29, 0.717) is 0 Å². The molecule has 0 saturated carbocycles. The number of esters is 1. The average Bonchev–Trinajstić information content (AvgIpc) is 2.37. The lowest BCUT2D eigenvalue weighted by molar-refractivity contribution is -0.139. The third kappa shape index (κ3) is 3.69. The Morgan fingerprint density at radius 2 is 2.22 bits per heavy atom. The molecule has 0 heterocycles. The molecule has 1 unspecified atom stereocenters. The number of phenolic OH excluding ortho intramolecular Hbond substituents is 1. The van der Waals surface area contributed by atoms with Crippen molar-refractivity contribution in [3.63, 3.8) is 0 Å². The first kappa shape index (κ1) is 14.4.